The van der Waals surface area contributed by atoms with Crippen LogP contribution in [0, 0.1) is 0 Å². The molecule has 0 unspecified atom stereocenters. The van der Waals surface area contributed by atoms with E-state index in [1.54, 1.807) is 0 Å². The van der Waals surface area contributed by atoms with Gasteiger partial charge in [0.05, 0.1) is 12.2 Å². The Morgan fingerprint density at radius 2 is 2.25 bits per heavy atom. The van der Waals surface area contributed by atoms with Crippen molar-refractivity contribution in [2.45, 2.75) is 6.43 Å². The summed E-state index contributed by atoms with van der Waals surface area (Å²) in [6.07, 6.45) is -2.54. The van der Waals surface area contributed by atoms with Crippen LogP contribution in [0.2, 0.25) is 0 Å². The van der Waals surface area contributed by atoms with Crippen LogP contribution in [0.4, 0.5) is 20.3 Å². The quantitative estimate of drug-likeness (QED) is 0.810. The first-order valence-corrected chi connectivity index (χ1v) is 4.41. The van der Waals surface area contributed by atoms with E-state index >= 15 is 0 Å². The summed E-state index contributed by atoms with van der Waals surface area (Å²) in [7, 11) is 1.37. The molecule has 3 N–H and O–H groups in total. The van der Waals surface area contributed by atoms with Gasteiger partial charge in [0.15, 0.2) is 11.5 Å². The molecule has 0 spiro atoms. The third-order valence-corrected chi connectivity index (χ3v) is 1.90. The average molecular weight is 231 g/mol. The molecule has 7 heteroatoms. The average Bonchev–Trinajstić information content (AvgIpc) is 2.16. The Hall–Kier alpha value is -1.92. The molecular weight excluding hydrogens is 220 g/mol. The SMILES string of the molecule is CN(CC(F)F)c1nc(C(=O)O)ccc1N. The van der Waals surface area contributed by atoms with Crippen LogP contribution >= 0.6 is 0 Å². The number of nitrogens with zero attached hydrogens (tertiary/aromatic N) is 2. The molecule has 0 saturated carbocycles. The lowest BCUT2D eigenvalue weighted by atomic mass is 10.3. The number of nitrogens with two attached hydrogens (primary N) is 1. The highest BCUT2D eigenvalue weighted by Gasteiger charge is 2.15. The van der Waals surface area contributed by atoms with E-state index in [0.717, 1.165) is 4.90 Å². The van der Waals surface area contributed by atoms with Gasteiger partial charge in [-0.3, -0.25) is 0 Å². The second kappa shape index (κ2) is 4.73. The van der Waals surface area contributed by atoms with Crippen molar-refractivity contribution in [3.05, 3.63) is 17.8 Å². The number of aromatic nitrogens is 1. The summed E-state index contributed by atoms with van der Waals surface area (Å²) in [4.78, 5) is 15.4. The van der Waals surface area contributed by atoms with Crippen LogP contribution in [-0.2, 0) is 0 Å². The number of aromatic carboxylic acids is 1. The number of carbonyl (C=O) groups is 1. The Morgan fingerprint density at radius 1 is 1.62 bits per heavy atom. The van der Waals surface area contributed by atoms with Crippen LogP contribution in [-0.4, -0.2) is 36.1 Å². The van der Waals surface area contributed by atoms with Gasteiger partial charge >= 0.3 is 5.97 Å². The number of anilines is 2. The number of carboxylic acids is 1. The topological polar surface area (TPSA) is 79.5 Å². The first-order chi connectivity index (χ1) is 7.41. The molecule has 0 aromatic carbocycles. The van der Waals surface area contributed by atoms with Gasteiger partial charge in [-0.15, -0.1) is 0 Å². The number of pyridine rings is 1. The number of halogens is 2. The Labute approximate surface area is 90.5 Å². The Bertz CT molecular complexity index is 398. The Balaban J connectivity index is 3.02. The van der Waals surface area contributed by atoms with Gasteiger partial charge in [-0.25, -0.2) is 18.6 Å². The van der Waals surface area contributed by atoms with Crippen LogP contribution in [0.15, 0.2) is 12.1 Å². The molecule has 0 aliphatic carbocycles. The highest BCUT2D eigenvalue weighted by Crippen LogP contribution is 2.20. The second-order valence-corrected chi connectivity index (χ2v) is 3.19. The minimum Gasteiger partial charge on any atom is -0.477 e. The van der Waals surface area contributed by atoms with Crippen molar-refractivity contribution < 1.29 is 18.7 Å². The molecule has 1 rings (SSSR count). The van der Waals surface area contributed by atoms with Crippen molar-refractivity contribution in [3.8, 4) is 0 Å². The van der Waals surface area contributed by atoms with E-state index in [-0.39, 0.29) is 17.2 Å². The molecule has 0 bridgehead atoms. The number of rotatable bonds is 4. The maximum atomic E-state index is 12.1. The highest BCUT2D eigenvalue weighted by atomic mass is 19.3. The van der Waals surface area contributed by atoms with Crippen LogP contribution in [0.1, 0.15) is 10.5 Å². The van der Waals surface area contributed by atoms with Crippen LogP contribution in [0.3, 0.4) is 0 Å². The molecule has 0 atom stereocenters. The number of hydrogen-bond donors (Lipinski definition) is 2. The molecule has 0 amide bonds. The Morgan fingerprint density at radius 3 is 2.75 bits per heavy atom. The largest absolute Gasteiger partial charge is 0.477 e. The molecule has 5 nitrogen and oxygen atoms in total. The molecule has 1 heterocycles. The van der Waals surface area contributed by atoms with E-state index in [0.29, 0.717) is 0 Å². The highest BCUT2D eigenvalue weighted by molar-refractivity contribution is 5.86. The molecule has 1 aromatic rings. The lowest BCUT2D eigenvalue weighted by molar-refractivity contribution is 0.0690. The molecule has 0 radical (unpaired) electrons. The van der Waals surface area contributed by atoms with Gasteiger partial charge in [0.1, 0.15) is 0 Å². The number of nitrogen functional groups attached to an aromatic ring is 1. The molecule has 0 fully saturated rings. The fourth-order valence-electron chi connectivity index (χ4n) is 1.18. The van der Waals surface area contributed by atoms with Gasteiger partial charge in [-0.1, -0.05) is 0 Å². The molecular formula is C9H11F2N3O2. The third-order valence-electron chi connectivity index (χ3n) is 1.90. The second-order valence-electron chi connectivity index (χ2n) is 3.19. The summed E-state index contributed by atoms with van der Waals surface area (Å²) >= 11 is 0. The molecule has 0 saturated heterocycles. The van der Waals surface area contributed by atoms with E-state index in [2.05, 4.69) is 4.98 Å². The van der Waals surface area contributed by atoms with E-state index in [1.165, 1.54) is 19.2 Å². The van der Waals surface area contributed by atoms with Gasteiger partial charge in [-0.05, 0) is 12.1 Å². The zero-order valence-corrected chi connectivity index (χ0v) is 8.52. The summed E-state index contributed by atoms with van der Waals surface area (Å²) in [6, 6.07) is 2.55. The monoisotopic (exact) mass is 231 g/mol. The number of hydrogen-bond acceptors (Lipinski definition) is 4. The normalized spacial score (nSPS) is 10.5. The van der Waals surface area contributed by atoms with Crippen LogP contribution in [0.25, 0.3) is 0 Å². The van der Waals surface area contributed by atoms with Crippen molar-refractivity contribution in [2.75, 3.05) is 24.2 Å². The standard InChI is InChI=1S/C9H11F2N3O2/c1-14(4-7(10)11)8-5(12)2-3-6(13-8)9(15)16/h2-3,7H,4,12H2,1H3,(H,15,16). The first-order valence-electron chi connectivity index (χ1n) is 4.41. The first kappa shape index (κ1) is 12.2. The van der Waals surface area contributed by atoms with Gasteiger partial charge < -0.3 is 15.7 Å². The molecule has 0 aliphatic rings. The van der Waals surface area contributed by atoms with E-state index in [1.807, 2.05) is 0 Å². The molecule has 16 heavy (non-hydrogen) atoms. The fourth-order valence-corrected chi connectivity index (χ4v) is 1.18. The predicted octanol–water partition coefficient (Wildman–Crippen LogP) is 1.06. The van der Waals surface area contributed by atoms with E-state index < -0.39 is 18.9 Å². The van der Waals surface area contributed by atoms with Gasteiger partial charge in [0, 0.05) is 7.05 Å². The fraction of sp³-hybridized carbons (Fsp3) is 0.333. The summed E-state index contributed by atoms with van der Waals surface area (Å²) in [5.74, 6) is -1.19. The Kier molecular flexibility index (Phi) is 3.60. The smallest absolute Gasteiger partial charge is 0.354 e. The van der Waals surface area contributed by atoms with Crippen molar-refractivity contribution in [1.82, 2.24) is 4.98 Å². The van der Waals surface area contributed by atoms with Crippen molar-refractivity contribution in [2.24, 2.45) is 0 Å². The minimum absolute atomic E-state index is 0.0419. The van der Waals surface area contributed by atoms with E-state index in [4.69, 9.17) is 10.8 Å². The third kappa shape index (κ3) is 2.78. The van der Waals surface area contributed by atoms with E-state index in [9.17, 15) is 13.6 Å². The summed E-state index contributed by atoms with van der Waals surface area (Å²) in [5, 5.41) is 8.69. The van der Waals surface area contributed by atoms with Crippen molar-refractivity contribution >= 4 is 17.5 Å². The molecule has 0 aliphatic heterocycles. The molecule has 88 valence electrons. The van der Waals surface area contributed by atoms with Crippen LogP contribution in [0.5, 0.6) is 0 Å². The van der Waals surface area contributed by atoms with Gasteiger partial charge in [0.2, 0.25) is 0 Å². The lowest BCUT2D eigenvalue weighted by Crippen LogP contribution is -2.26. The lowest BCUT2D eigenvalue weighted by Gasteiger charge is -2.19. The van der Waals surface area contributed by atoms with Crippen molar-refractivity contribution in [3.63, 3.8) is 0 Å². The molecule has 1 aromatic heterocycles. The van der Waals surface area contributed by atoms with Gasteiger partial charge in [-0.2, -0.15) is 0 Å². The van der Waals surface area contributed by atoms with Gasteiger partial charge in [0.25, 0.3) is 6.43 Å². The zero-order valence-electron chi connectivity index (χ0n) is 8.52. The number of carboxylic acid groups (broad SMARTS) is 1. The summed E-state index contributed by atoms with van der Waals surface area (Å²) in [6.45, 7) is -0.555. The number of alkyl halides is 2. The maximum Gasteiger partial charge on any atom is 0.354 e. The van der Waals surface area contributed by atoms with Crippen molar-refractivity contribution in [1.29, 1.82) is 0 Å². The minimum atomic E-state index is -2.54. The summed E-state index contributed by atoms with van der Waals surface area (Å²) < 4.78 is 24.3. The zero-order chi connectivity index (χ0) is 12.3. The van der Waals surface area contributed by atoms with Crippen LogP contribution < -0.4 is 10.6 Å². The predicted molar refractivity (Wildman–Crippen MR) is 54.9 cm³/mol. The maximum absolute atomic E-state index is 12.1. The summed E-state index contributed by atoms with van der Waals surface area (Å²) in [5.41, 5.74) is 5.45.